The Kier molecular flexibility index (Phi) is 3.11. The van der Waals surface area contributed by atoms with Crippen molar-refractivity contribution >= 4 is 5.69 Å². The minimum absolute atomic E-state index is 0.724. The van der Waals surface area contributed by atoms with Crippen molar-refractivity contribution in [1.29, 1.82) is 0 Å². The van der Waals surface area contributed by atoms with Crippen LogP contribution in [0.25, 0.3) is 0 Å². The van der Waals surface area contributed by atoms with Crippen LogP contribution in [0.2, 0.25) is 0 Å². The molecule has 1 aromatic carbocycles. The summed E-state index contributed by atoms with van der Waals surface area (Å²) < 4.78 is 5.11. The molecule has 0 aromatic heterocycles. The quantitative estimate of drug-likeness (QED) is 0.719. The molecule has 1 aliphatic carbocycles. The first kappa shape index (κ1) is 10.3. The fourth-order valence-corrected chi connectivity index (χ4v) is 1.65. The lowest BCUT2D eigenvalue weighted by molar-refractivity contribution is 0.417. The lowest BCUT2D eigenvalue weighted by Crippen LogP contribution is -2.19. The Morgan fingerprint density at radius 1 is 1.47 bits per heavy atom. The van der Waals surface area contributed by atoms with E-state index in [1.165, 1.54) is 18.4 Å². The summed E-state index contributed by atoms with van der Waals surface area (Å²) in [6.07, 6.45) is 3.71. The summed E-state index contributed by atoms with van der Waals surface area (Å²) in [6.45, 7) is 1.04. The number of nitrogens with two attached hydrogens (primary N) is 1. The lowest BCUT2D eigenvalue weighted by atomic mass is 10.1. The second kappa shape index (κ2) is 4.53. The van der Waals surface area contributed by atoms with Gasteiger partial charge in [-0.15, -0.1) is 0 Å². The van der Waals surface area contributed by atoms with E-state index in [9.17, 15) is 0 Å². The van der Waals surface area contributed by atoms with Gasteiger partial charge in [0.1, 0.15) is 5.75 Å². The van der Waals surface area contributed by atoms with Gasteiger partial charge in [0, 0.05) is 6.04 Å². The molecule has 3 nitrogen and oxygen atoms in total. The van der Waals surface area contributed by atoms with E-state index in [0.29, 0.717) is 0 Å². The zero-order chi connectivity index (χ0) is 10.7. The first-order chi connectivity index (χ1) is 7.29. The van der Waals surface area contributed by atoms with Gasteiger partial charge in [-0.05, 0) is 43.5 Å². The molecule has 1 aromatic rings. The summed E-state index contributed by atoms with van der Waals surface area (Å²) >= 11 is 0. The molecule has 15 heavy (non-hydrogen) atoms. The molecule has 1 fully saturated rings. The Hall–Kier alpha value is -1.22. The van der Waals surface area contributed by atoms with Gasteiger partial charge in [0.05, 0.1) is 12.8 Å². The molecular formula is C12H18N2O. The van der Waals surface area contributed by atoms with E-state index in [4.69, 9.17) is 10.5 Å². The minimum Gasteiger partial charge on any atom is -0.495 e. The first-order valence-electron chi connectivity index (χ1n) is 5.45. The SMILES string of the molecule is COc1ccc(CCNC2CC2)cc1N. The highest BCUT2D eigenvalue weighted by molar-refractivity contribution is 5.54. The number of ether oxygens (including phenoxy) is 1. The molecule has 0 saturated heterocycles. The zero-order valence-electron chi connectivity index (χ0n) is 9.12. The fraction of sp³-hybridized carbons (Fsp3) is 0.500. The fourth-order valence-electron chi connectivity index (χ4n) is 1.65. The molecule has 0 radical (unpaired) electrons. The lowest BCUT2D eigenvalue weighted by Gasteiger charge is -2.07. The molecule has 0 aliphatic heterocycles. The third-order valence-electron chi connectivity index (χ3n) is 2.72. The molecule has 0 atom stereocenters. The molecule has 3 heteroatoms. The zero-order valence-corrected chi connectivity index (χ0v) is 9.12. The number of hydrogen-bond acceptors (Lipinski definition) is 3. The van der Waals surface area contributed by atoms with E-state index in [-0.39, 0.29) is 0 Å². The smallest absolute Gasteiger partial charge is 0.141 e. The number of nitrogen functional groups attached to an aromatic ring is 1. The van der Waals surface area contributed by atoms with Crippen molar-refractivity contribution in [2.24, 2.45) is 0 Å². The first-order valence-corrected chi connectivity index (χ1v) is 5.45. The maximum Gasteiger partial charge on any atom is 0.141 e. The predicted molar refractivity (Wildman–Crippen MR) is 62.1 cm³/mol. The van der Waals surface area contributed by atoms with Gasteiger partial charge in [-0.2, -0.15) is 0 Å². The molecule has 0 heterocycles. The van der Waals surface area contributed by atoms with E-state index in [1.807, 2.05) is 12.1 Å². The van der Waals surface area contributed by atoms with Crippen molar-refractivity contribution in [3.8, 4) is 5.75 Å². The highest BCUT2D eigenvalue weighted by Crippen LogP contribution is 2.22. The van der Waals surface area contributed by atoms with Crippen LogP contribution in [-0.4, -0.2) is 19.7 Å². The van der Waals surface area contributed by atoms with Gasteiger partial charge in [-0.1, -0.05) is 6.07 Å². The number of hydrogen-bond donors (Lipinski definition) is 2. The molecule has 1 aliphatic rings. The summed E-state index contributed by atoms with van der Waals surface area (Å²) in [6, 6.07) is 6.78. The Morgan fingerprint density at radius 3 is 2.87 bits per heavy atom. The van der Waals surface area contributed by atoms with Crippen LogP contribution in [0.1, 0.15) is 18.4 Å². The number of nitrogens with one attached hydrogen (secondary N) is 1. The largest absolute Gasteiger partial charge is 0.495 e. The summed E-state index contributed by atoms with van der Waals surface area (Å²) in [5, 5.41) is 3.48. The standard InChI is InChI=1S/C12H18N2O/c1-15-12-5-2-9(8-11(12)13)6-7-14-10-3-4-10/h2,5,8,10,14H,3-4,6-7,13H2,1H3. The maximum absolute atomic E-state index is 5.83. The van der Waals surface area contributed by atoms with E-state index in [2.05, 4.69) is 11.4 Å². The second-order valence-corrected chi connectivity index (χ2v) is 4.05. The third kappa shape index (κ3) is 2.86. The van der Waals surface area contributed by atoms with Crippen molar-refractivity contribution in [2.75, 3.05) is 19.4 Å². The van der Waals surface area contributed by atoms with Gasteiger partial charge in [0.15, 0.2) is 0 Å². The van der Waals surface area contributed by atoms with Gasteiger partial charge in [0.2, 0.25) is 0 Å². The van der Waals surface area contributed by atoms with E-state index in [1.54, 1.807) is 7.11 Å². The van der Waals surface area contributed by atoms with Gasteiger partial charge in [0.25, 0.3) is 0 Å². The van der Waals surface area contributed by atoms with Crippen LogP contribution >= 0.6 is 0 Å². The van der Waals surface area contributed by atoms with Crippen LogP contribution in [0.5, 0.6) is 5.75 Å². The van der Waals surface area contributed by atoms with Crippen LogP contribution in [-0.2, 0) is 6.42 Å². The van der Waals surface area contributed by atoms with Gasteiger partial charge >= 0.3 is 0 Å². The molecular weight excluding hydrogens is 188 g/mol. The number of rotatable bonds is 5. The van der Waals surface area contributed by atoms with Crippen LogP contribution in [0.4, 0.5) is 5.69 Å². The topological polar surface area (TPSA) is 47.3 Å². The summed E-state index contributed by atoms with van der Waals surface area (Å²) in [7, 11) is 1.64. The number of methoxy groups -OCH3 is 1. The van der Waals surface area contributed by atoms with E-state index >= 15 is 0 Å². The van der Waals surface area contributed by atoms with Crippen LogP contribution < -0.4 is 15.8 Å². The van der Waals surface area contributed by atoms with Crippen molar-refractivity contribution in [1.82, 2.24) is 5.32 Å². The van der Waals surface area contributed by atoms with Crippen molar-refractivity contribution in [3.05, 3.63) is 23.8 Å². The van der Waals surface area contributed by atoms with Gasteiger partial charge in [-0.3, -0.25) is 0 Å². The summed E-state index contributed by atoms with van der Waals surface area (Å²) in [4.78, 5) is 0. The number of benzene rings is 1. The van der Waals surface area contributed by atoms with Crippen LogP contribution in [0, 0.1) is 0 Å². The molecule has 0 bridgehead atoms. The molecule has 2 rings (SSSR count). The molecule has 3 N–H and O–H groups in total. The Morgan fingerprint density at radius 2 is 2.27 bits per heavy atom. The normalized spacial score (nSPS) is 15.3. The Bertz CT molecular complexity index is 334. The van der Waals surface area contributed by atoms with Crippen molar-refractivity contribution in [3.63, 3.8) is 0 Å². The summed E-state index contributed by atoms with van der Waals surface area (Å²) in [5.74, 6) is 0.758. The van der Waals surface area contributed by atoms with Crippen molar-refractivity contribution < 1.29 is 4.74 Å². The number of anilines is 1. The van der Waals surface area contributed by atoms with Crippen LogP contribution in [0.3, 0.4) is 0 Å². The average molecular weight is 206 g/mol. The third-order valence-corrected chi connectivity index (χ3v) is 2.72. The summed E-state index contributed by atoms with van der Waals surface area (Å²) in [5.41, 5.74) is 7.82. The molecule has 0 unspecified atom stereocenters. The maximum atomic E-state index is 5.83. The molecule has 1 saturated carbocycles. The molecule has 82 valence electrons. The highest BCUT2D eigenvalue weighted by Gasteiger charge is 2.19. The van der Waals surface area contributed by atoms with Gasteiger partial charge < -0.3 is 15.8 Å². The molecule has 0 spiro atoms. The Labute approximate surface area is 90.6 Å². The average Bonchev–Trinajstić information content (AvgIpc) is 3.02. The predicted octanol–water partition coefficient (Wildman–Crippen LogP) is 1.57. The van der Waals surface area contributed by atoms with Crippen LogP contribution in [0.15, 0.2) is 18.2 Å². The van der Waals surface area contributed by atoms with E-state index < -0.39 is 0 Å². The van der Waals surface area contributed by atoms with Gasteiger partial charge in [-0.25, -0.2) is 0 Å². The minimum atomic E-state index is 0.724. The molecule has 0 amide bonds. The highest BCUT2D eigenvalue weighted by atomic mass is 16.5. The Balaban J connectivity index is 1.87. The monoisotopic (exact) mass is 206 g/mol. The van der Waals surface area contributed by atoms with E-state index in [0.717, 1.165) is 30.4 Å². The second-order valence-electron chi connectivity index (χ2n) is 4.05. The van der Waals surface area contributed by atoms with Crippen molar-refractivity contribution in [2.45, 2.75) is 25.3 Å².